The summed E-state index contributed by atoms with van der Waals surface area (Å²) in [6, 6.07) is 10.6. The van der Waals surface area contributed by atoms with Crippen LogP contribution < -0.4 is 4.74 Å². The van der Waals surface area contributed by atoms with Crippen molar-refractivity contribution in [1.29, 1.82) is 0 Å². The molecule has 4 nitrogen and oxygen atoms in total. The number of hydrogen-bond donors (Lipinski definition) is 0. The van der Waals surface area contributed by atoms with Gasteiger partial charge in [0.15, 0.2) is 0 Å². The second-order valence-corrected chi connectivity index (χ2v) is 6.39. The largest absolute Gasteiger partial charge is 0.489 e. The summed E-state index contributed by atoms with van der Waals surface area (Å²) in [7, 11) is 0. The summed E-state index contributed by atoms with van der Waals surface area (Å²) in [5.74, 6) is 0.714. The molecule has 0 saturated heterocycles. The average Bonchev–Trinajstić information content (AvgIpc) is 2.47. The van der Waals surface area contributed by atoms with Gasteiger partial charge in [0, 0.05) is 21.4 Å². The van der Waals surface area contributed by atoms with E-state index in [0.717, 1.165) is 15.6 Å². The molecule has 0 heterocycles. The summed E-state index contributed by atoms with van der Waals surface area (Å²) in [5.41, 5.74) is 1.84. The Labute approximate surface area is 147 Å². The number of nitro groups is 1. The Bertz CT molecular complexity index is 677. The third-order valence-corrected chi connectivity index (χ3v) is 5.10. The number of hydrogen-bond acceptors (Lipinski definition) is 3. The number of nitro benzene ring substituents is 1. The molecule has 0 saturated carbocycles. The predicted octanol–water partition coefficient (Wildman–Crippen LogP) is 5.59. The lowest BCUT2D eigenvalue weighted by Gasteiger charge is -2.10. The fraction of sp³-hybridized carbons (Fsp3) is 0.143. The summed E-state index contributed by atoms with van der Waals surface area (Å²) in [5, 5.41) is 11.6. The van der Waals surface area contributed by atoms with Gasteiger partial charge in [-0.05, 0) is 39.7 Å². The Balaban J connectivity index is 2.17. The first-order valence-electron chi connectivity index (χ1n) is 5.92. The van der Waals surface area contributed by atoms with E-state index in [-0.39, 0.29) is 12.3 Å². The van der Waals surface area contributed by atoms with Crippen molar-refractivity contribution in [1.82, 2.24) is 0 Å². The molecule has 21 heavy (non-hydrogen) atoms. The molecule has 0 aromatic heterocycles. The quantitative estimate of drug-likeness (QED) is 0.319. The van der Waals surface area contributed by atoms with Crippen LogP contribution in [0.1, 0.15) is 11.1 Å². The number of nitrogens with zero attached hydrogens (tertiary/aromatic N) is 1. The summed E-state index contributed by atoms with van der Waals surface area (Å²) in [6.45, 7) is 0.256. The molecule has 2 aromatic carbocycles. The van der Waals surface area contributed by atoms with Gasteiger partial charge in [0.2, 0.25) is 0 Å². The molecule has 0 amide bonds. The highest BCUT2D eigenvalue weighted by Gasteiger charge is 2.15. The van der Waals surface area contributed by atoms with Crippen LogP contribution in [0.2, 0.25) is 0 Å². The van der Waals surface area contributed by atoms with Gasteiger partial charge in [0.1, 0.15) is 16.8 Å². The molecule has 0 unspecified atom stereocenters. The molecule has 0 aliphatic rings. The van der Waals surface area contributed by atoms with E-state index >= 15 is 0 Å². The third-order valence-electron chi connectivity index (χ3n) is 2.81. The van der Waals surface area contributed by atoms with Crippen molar-refractivity contribution in [2.45, 2.75) is 11.9 Å². The van der Waals surface area contributed by atoms with Crippen LogP contribution in [0.5, 0.6) is 5.75 Å². The number of rotatable bonds is 5. The van der Waals surface area contributed by atoms with Crippen LogP contribution in [0, 0.1) is 10.1 Å². The van der Waals surface area contributed by atoms with Crippen LogP contribution in [-0.4, -0.2) is 4.92 Å². The van der Waals surface area contributed by atoms with Crippen LogP contribution in [0.25, 0.3) is 0 Å². The van der Waals surface area contributed by atoms with E-state index in [1.165, 1.54) is 6.07 Å². The molecule has 2 rings (SSSR count). The van der Waals surface area contributed by atoms with E-state index in [2.05, 4.69) is 47.8 Å². The van der Waals surface area contributed by atoms with Gasteiger partial charge in [0.05, 0.1) is 4.92 Å². The van der Waals surface area contributed by atoms with E-state index in [4.69, 9.17) is 4.74 Å². The molecule has 0 N–H and O–H groups in total. The van der Waals surface area contributed by atoms with Crippen LogP contribution in [-0.2, 0) is 11.9 Å². The monoisotopic (exact) mass is 477 g/mol. The molecule has 7 heteroatoms. The van der Waals surface area contributed by atoms with Gasteiger partial charge in [0.25, 0.3) is 5.69 Å². The Morgan fingerprint density at radius 3 is 2.57 bits per heavy atom. The summed E-state index contributed by atoms with van der Waals surface area (Å²) < 4.78 is 7.17. The number of ether oxygens (including phenoxy) is 1. The molecule has 110 valence electrons. The van der Waals surface area contributed by atoms with Gasteiger partial charge in [-0.3, -0.25) is 10.1 Å². The molecular formula is C14H10Br3NO3. The summed E-state index contributed by atoms with van der Waals surface area (Å²) in [6.07, 6.45) is 0. The Morgan fingerprint density at radius 1 is 1.14 bits per heavy atom. The van der Waals surface area contributed by atoms with Crippen LogP contribution >= 0.6 is 47.8 Å². The van der Waals surface area contributed by atoms with Gasteiger partial charge in [-0.2, -0.15) is 0 Å². The molecular weight excluding hydrogens is 470 g/mol. The fourth-order valence-corrected chi connectivity index (χ4v) is 3.47. The molecule has 0 aliphatic carbocycles. The first kappa shape index (κ1) is 16.5. The molecule has 0 radical (unpaired) electrons. The minimum absolute atomic E-state index is 0.0352. The van der Waals surface area contributed by atoms with E-state index in [1.54, 1.807) is 12.1 Å². The zero-order chi connectivity index (χ0) is 15.4. The van der Waals surface area contributed by atoms with Crippen molar-refractivity contribution in [3.63, 3.8) is 0 Å². The molecule has 0 fully saturated rings. The fourth-order valence-electron chi connectivity index (χ4n) is 1.72. The molecule has 2 aromatic rings. The molecule has 0 atom stereocenters. The number of halogens is 3. The first-order valence-corrected chi connectivity index (χ1v) is 8.62. The molecule has 0 spiro atoms. The molecule has 0 bridgehead atoms. The van der Waals surface area contributed by atoms with Crippen molar-refractivity contribution < 1.29 is 9.66 Å². The zero-order valence-corrected chi connectivity index (χ0v) is 15.4. The summed E-state index contributed by atoms with van der Waals surface area (Å²) >= 11 is 10.1. The highest BCUT2D eigenvalue weighted by Crippen LogP contribution is 2.30. The Morgan fingerprint density at radius 2 is 1.90 bits per heavy atom. The highest BCUT2D eigenvalue weighted by atomic mass is 79.9. The van der Waals surface area contributed by atoms with Gasteiger partial charge in [-0.25, -0.2) is 0 Å². The number of alkyl halides is 1. The maximum atomic E-state index is 10.9. The van der Waals surface area contributed by atoms with Gasteiger partial charge in [-0.15, -0.1) is 0 Å². The lowest BCUT2D eigenvalue weighted by atomic mass is 10.2. The first-order chi connectivity index (χ1) is 10.0. The lowest BCUT2D eigenvalue weighted by molar-refractivity contribution is -0.385. The van der Waals surface area contributed by atoms with Crippen molar-refractivity contribution in [3.8, 4) is 5.75 Å². The summed E-state index contributed by atoms with van der Waals surface area (Å²) in [4.78, 5) is 10.5. The van der Waals surface area contributed by atoms with Gasteiger partial charge in [-0.1, -0.05) is 44.0 Å². The predicted molar refractivity (Wildman–Crippen MR) is 91.9 cm³/mol. The van der Waals surface area contributed by atoms with Crippen LogP contribution in [0.15, 0.2) is 45.3 Å². The van der Waals surface area contributed by atoms with Crippen molar-refractivity contribution >= 4 is 53.5 Å². The van der Waals surface area contributed by atoms with E-state index in [0.29, 0.717) is 15.6 Å². The standard InChI is InChI=1S/C14H10Br3NO3/c15-7-10-6-11(4-5-12(10)16)21-8-9-2-1-3-13(14(9)17)18(19)20/h1-6H,7-8H2. The van der Waals surface area contributed by atoms with Crippen LogP contribution in [0.3, 0.4) is 0 Å². The average molecular weight is 480 g/mol. The molecule has 0 aliphatic heterocycles. The third kappa shape index (κ3) is 4.05. The van der Waals surface area contributed by atoms with Crippen molar-refractivity contribution in [2.24, 2.45) is 0 Å². The van der Waals surface area contributed by atoms with E-state index in [1.807, 2.05) is 18.2 Å². The highest BCUT2D eigenvalue weighted by molar-refractivity contribution is 9.11. The maximum Gasteiger partial charge on any atom is 0.283 e. The minimum Gasteiger partial charge on any atom is -0.489 e. The Kier molecular flexibility index (Phi) is 5.78. The van der Waals surface area contributed by atoms with E-state index < -0.39 is 4.92 Å². The Hall–Kier alpha value is -0.920. The SMILES string of the molecule is O=[N+]([O-])c1cccc(COc2ccc(Br)c(CBr)c2)c1Br. The van der Waals surface area contributed by atoms with Gasteiger partial charge < -0.3 is 4.74 Å². The smallest absolute Gasteiger partial charge is 0.283 e. The van der Waals surface area contributed by atoms with Crippen LogP contribution in [0.4, 0.5) is 5.69 Å². The van der Waals surface area contributed by atoms with Crippen molar-refractivity contribution in [3.05, 3.63) is 66.6 Å². The topological polar surface area (TPSA) is 52.4 Å². The maximum absolute atomic E-state index is 10.9. The van der Waals surface area contributed by atoms with E-state index in [9.17, 15) is 10.1 Å². The lowest BCUT2D eigenvalue weighted by Crippen LogP contribution is -1.99. The second-order valence-electron chi connectivity index (χ2n) is 4.18. The van der Waals surface area contributed by atoms with Crippen molar-refractivity contribution in [2.75, 3.05) is 0 Å². The second kappa shape index (κ2) is 7.38. The number of benzene rings is 2. The zero-order valence-electron chi connectivity index (χ0n) is 10.7. The normalized spacial score (nSPS) is 10.4. The minimum atomic E-state index is -0.420. The van der Waals surface area contributed by atoms with Gasteiger partial charge >= 0.3 is 0 Å².